The van der Waals surface area contributed by atoms with Crippen molar-refractivity contribution in [3.63, 3.8) is 0 Å². The maximum absolute atomic E-state index is 13.3. The molecule has 0 spiro atoms. The number of anilines is 1. The third-order valence-corrected chi connectivity index (χ3v) is 4.36. The standard InChI is InChI=1S/C15H16FN3S/c1-8(2)5-11-14(18-19-15(11)17)13-6-9-3-4-10(16)7-12(9)20-13/h3-4,6-8H,5H2,1-2H3,(H3,17,18,19). The summed E-state index contributed by atoms with van der Waals surface area (Å²) >= 11 is 1.55. The molecule has 1 aromatic carbocycles. The third-order valence-electron chi connectivity index (χ3n) is 3.24. The molecule has 0 aliphatic rings. The summed E-state index contributed by atoms with van der Waals surface area (Å²) in [5, 5.41) is 8.17. The summed E-state index contributed by atoms with van der Waals surface area (Å²) in [6.07, 6.45) is 0.875. The number of nitrogens with two attached hydrogens (primary N) is 1. The quantitative estimate of drug-likeness (QED) is 0.758. The van der Waals surface area contributed by atoms with Crippen LogP contribution >= 0.6 is 11.3 Å². The van der Waals surface area contributed by atoms with Crippen molar-refractivity contribution in [2.75, 3.05) is 5.73 Å². The van der Waals surface area contributed by atoms with Crippen LogP contribution in [0, 0.1) is 11.7 Å². The van der Waals surface area contributed by atoms with Gasteiger partial charge in [0.25, 0.3) is 0 Å². The van der Waals surface area contributed by atoms with E-state index in [0.717, 1.165) is 32.6 Å². The molecule has 104 valence electrons. The molecule has 0 bridgehead atoms. The number of benzene rings is 1. The maximum atomic E-state index is 13.3. The van der Waals surface area contributed by atoms with Crippen molar-refractivity contribution in [3.05, 3.63) is 35.6 Å². The van der Waals surface area contributed by atoms with Crippen molar-refractivity contribution in [3.8, 4) is 10.6 Å². The molecule has 5 heteroatoms. The van der Waals surface area contributed by atoms with Crippen molar-refractivity contribution in [1.29, 1.82) is 0 Å². The van der Waals surface area contributed by atoms with Gasteiger partial charge in [0.2, 0.25) is 0 Å². The van der Waals surface area contributed by atoms with E-state index in [1.807, 2.05) is 0 Å². The van der Waals surface area contributed by atoms with Crippen LogP contribution in [0.1, 0.15) is 19.4 Å². The lowest BCUT2D eigenvalue weighted by Crippen LogP contribution is -1.98. The van der Waals surface area contributed by atoms with Crippen LogP contribution in [0.2, 0.25) is 0 Å². The molecule has 0 unspecified atom stereocenters. The molecule has 2 heterocycles. The van der Waals surface area contributed by atoms with Crippen molar-refractivity contribution >= 4 is 27.2 Å². The molecule has 0 saturated heterocycles. The molecule has 3 N–H and O–H groups in total. The van der Waals surface area contributed by atoms with Gasteiger partial charge in [-0.05, 0) is 35.9 Å². The minimum atomic E-state index is -0.211. The van der Waals surface area contributed by atoms with Gasteiger partial charge in [-0.1, -0.05) is 19.9 Å². The summed E-state index contributed by atoms with van der Waals surface area (Å²) in [6, 6.07) is 6.89. The summed E-state index contributed by atoms with van der Waals surface area (Å²) in [5.41, 5.74) is 7.95. The number of halogens is 1. The molecule has 0 radical (unpaired) electrons. The summed E-state index contributed by atoms with van der Waals surface area (Å²) < 4.78 is 14.2. The zero-order valence-electron chi connectivity index (χ0n) is 11.4. The van der Waals surface area contributed by atoms with E-state index in [0.29, 0.717) is 11.7 Å². The number of thiophene rings is 1. The molecule has 2 aromatic heterocycles. The van der Waals surface area contributed by atoms with Gasteiger partial charge in [-0.25, -0.2) is 4.39 Å². The first-order valence-corrected chi connectivity index (χ1v) is 7.38. The fourth-order valence-electron chi connectivity index (χ4n) is 2.33. The third kappa shape index (κ3) is 2.29. The summed E-state index contributed by atoms with van der Waals surface area (Å²) in [6.45, 7) is 4.30. The van der Waals surface area contributed by atoms with Crippen LogP contribution in [0.3, 0.4) is 0 Å². The van der Waals surface area contributed by atoms with Crippen LogP contribution in [0.5, 0.6) is 0 Å². The van der Waals surface area contributed by atoms with Crippen LogP contribution in [0.25, 0.3) is 20.7 Å². The number of nitrogens with one attached hydrogen (secondary N) is 1. The Labute approximate surface area is 120 Å². The highest BCUT2D eigenvalue weighted by molar-refractivity contribution is 7.22. The summed E-state index contributed by atoms with van der Waals surface area (Å²) in [7, 11) is 0. The zero-order valence-corrected chi connectivity index (χ0v) is 12.2. The van der Waals surface area contributed by atoms with E-state index in [9.17, 15) is 4.39 Å². The molecule has 0 aliphatic carbocycles. The van der Waals surface area contributed by atoms with E-state index in [-0.39, 0.29) is 5.82 Å². The molecular weight excluding hydrogens is 273 g/mol. The monoisotopic (exact) mass is 289 g/mol. The topological polar surface area (TPSA) is 54.7 Å². The molecule has 0 aliphatic heterocycles. The highest BCUT2D eigenvalue weighted by Gasteiger charge is 2.16. The second-order valence-corrected chi connectivity index (χ2v) is 6.44. The van der Waals surface area contributed by atoms with E-state index in [2.05, 4.69) is 30.1 Å². The summed E-state index contributed by atoms with van der Waals surface area (Å²) in [5.74, 6) is 0.843. The first kappa shape index (κ1) is 13.1. The molecule has 3 nitrogen and oxygen atoms in total. The minimum Gasteiger partial charge on any atom is -0.382 e. The molecular formula is C15H16FN3S. The smallest absolute Gasteiger partial charge is 0.149 e. The van der Waals surface area contributed by atoms with Crippen LogP contribution in [-0.2, 0) is 6.42 Å². The van der Waals surface area contributed by atoms with Crippen molar-refractivity contribution in [2.45, 2.75) is 20.3 Å². The van der Waals surface area contributed by atoms with Gasteiger partial charge >= 0.3 is 0 Å². The Hall–Kier alpha value is -1.88. The Morgan fingerprint density at radius 1 is 1.35 bits per heavy atom. The molecule has 3 rings (SSSR count). The number of hydrogen-bond donors (Lipinski definition) is 2. The van der Waals surface area contributed by atoms with Crippen LogP contribution < -0.4 is 5.73 Å². The van der Waals surface area contributed by atoms with E-state index < -0.39 is 0 Å². The van der Waals surface area contributed by atoms with Gasteiger partial charge in [0.15, 0.2) is 0 Å². The number of rotatable bonds is 3. The van der Waals surface area contributed by atoms with E-state index in [4.69, 9.17) is 5.73 Å². The number of H-pyrrole nitrogens is 1. The fourth-order valence-corrected chi connectivity index (χ4v) is 3.44. The molecule has 3 aromatic rings. The number of nitrogen functional groups attached to an aromatic ring is 1. The van der Waals surface area contributed by atoms with Gasteiger partial charge in [-0.2, -0.15) is 5.10 Å². The Bertz CT molecular complexity index is 758. The molecule has 0 atom stereocenters. The van der Waals surface area contributed by atoms with Gasteiger partial charge < -0.3 is 5.73 Å². The minimum absolute atomic E-state index is 0.211. The zero-order chi connectivity index (χ0) is 14.3. The number of aromatic nitrogens is 2. The average Bonchev–Trinajstić information content (AvgIpc) is 2.93. The second-order valence-electron chi connectivity index (χ2n) is 5.35. The van der Waals surface area contributed by atoms with Gasteiger partial charge in [-0.15, -0.1) is 11.3 Å². The second kappa shape index (κ2) is 4.90. The number of hydrogen-bond acceptors (Lipinski definition) is 3. The van der Waals surface area contributed by atoms with Gasteiger partial charge in [0.1, 0.15) is 11.6 Å². The van der Waals surface area contributed by atoms with Gasteiger partial charge in [0, 0.05) is 10.3 Å². The Morgan fingerprint density at radius 3 is 2.90 bits per heavy atom. The van der Waals surface area contributed by atoms with Gasteiger partial charge in [-0.3, -0.25) is 5.10 Å². The molecule has 0 saturated carbocycles. The van der Waals surface area contributed by atoms with Crippen molar-refractivity contribution in [1.82, 2.24) is 10.2 Å². The fraction of sp³-hybridized carbons (Fsp3) is 0.267. The molecule has 20 heavy (non-hydrogen) atoms. The SMILES string of the molecule is CC(C)Cc1c(N)n[nH]c1-c1cc2ccc(F)cc2s1. The Balaban J connectivity index is 2.11. The number of aromatic amines is 1. The number of nitrogens with zero attached hydrogens (tertiary/aromatic N) is 1. The van der Waals surface area contributed by atoms with Crippen LogP contribution in [0.4, 0.5) is 10.2 Å². The lowest BCUT2D eigenvalue weighted by molar-refractivity contribution is 0.630. The van der Waals surface area contributed by atoms with Crippen LogP contribution in [-0.4, -0.2) is 10.2 Å². The molecule has 0 amide bonds. The van der Waals surface area contributed by atoms with Gasteiger partial charge in [0.05, 0.1) is 10.6 Å². The van der Waals surface area contributed by atoms with E-state index >= 15 is 0 Å². The lowest BCUT2D eigenvalue weighted by Gasteiger charge is -2.05. The largest absolute Gasteiger partial charge is 0.382 e. The highest BCUT2D eigenvalue weighted by Crippen LogP contribution is 2.36. The Morgan fingerprint density at radius 2 is 2.15 bits per heavy atom. The number of fused-ring (bicyclic) bond motifs is 1. The predicted octanol–water partition coefficient (Wildman–Crippen LogP) is 4.21. The maximum Gasteiger partial charge on any atom is 0.149 e. The lowest BCUT2D eigenvalue weighted by atomic mass is 10.0. The van der Waals surface area contributed by atoms with E-state index in [1.54, 1.807) is 23.5 Å². The van der Waals surface area contributed by atoms with Crippen molar-refractivity contribution in [2.24, 2.45) is 5.92 Å². The molecule has 0 fully saturated rings. The average molecular weight is 289 g/mol. The normalized spacial score (nSPS) is 11.6. The van der Waals surface area contributed by atoms with Crippen molar-refractivity contribution < 1.29 is 4.39 Å². The van der Waals surface area contributed by atoms with Crippen LogP contribution in [0.15, 0.2) is 24.3 Å². The predicted molar refractivity (Wildman–Crippen MR) is 82.3 cm³/mol. The summed E-state index contributed by atoms with van der Waals surface area (Å²) in [4.78, 5) is 1.05. The van der Waals surface area contributed by atoms with E-state index in [1.165, 1.54) is 6.07 Å². The Kier molecular flexibility index (Phi) is 3.22. The first-order valence-electron chi connectivity index (χ1n) is 6.57. The first-order chi connectivity index (χ1) is 9.54. The highest BCUT2D eigenvalue weighted by atomic mass is 32.1.